The first-order chi connectivity index (χ1) is 11.4. The van der Waals surface area contributed by atoms with Crippen LogP contribution in [0.4, 0.5) is 4.39 Å². The Morgan fingerprint density at radius 1 is 1.38 bits per heavy atom. The number of aromatic nitrogens is 1. The fourth-order valence-electron chi connectivity index (χ4n) is 2.22. The van der Waals surface area contributed by atoms with E-state index in [0.717, 1.165) is 17.1 Å². The van der Waals surface area contributed by atoms with E-state index in [-0.39, 0.29) is 18.3 Å². The molecule has 0 bridgehead atoms. The molecule has 130 valence electrons. The summed E-state index contributed by atoms with van der Waals surface area (Å²) < 4.78 is 18.9. The molecular formula is C18H23FN2O2S. The molecule has 0 atom stereocenters. The van der Waals surface area contributed by atoms with Gasteiger partial charge in [-0.2, -0.15) is 0 Å². The molecule has 0 aliphatic heterocycles. The van der Waals surface area contributed by atoms with Gasteiger partial charge in [-0.3, -0.25) is 4.79 Å². The maximum atomic E-state index is 13.5. The Hall–Kier alpha value is -1.95. The van der Waals surface area contributed by atoms with Crippen molar-refractivity contribution in [1.82, 2.24) is 9.88 Å². The van der Waals surface area contributed by atoms with Crippen LogP contribution in [0, 0.1) is 18.7 Å². The van der Waals surface area contributed by atoms with Crippen LogP contribution in [-0.2, 0) is 6.42 Å². The average Bonchev–Trinajstić information content (AvgIpc) is 2.88. The number of aryl methyl sites for hydroxylation is 1. The van der Waals surface area contributed by atoms with Crippen molar-refractivity contribution in [2.45, 2.75) is 27.2 Å². The van der Waals surface area contributed by atoms with Gasteiger partial charge in [-0.05, 0) is 25.0 Å². The van der Waals surface area contributed by atoms with Gasteiger partial charge in [0.2, 0.25) is 0 Å². The van der Waals surface area contributed by atoms with Gasteiger partial charge in [-0.1, -0.05) is 26.0 Å². The van der Waals surface area contributed by atoms with Crippen LogP contribution in [0.5, 0.6) is 5.75 Å². The standard InChI is InChI=1S/C18H23FN2O2S/c1-12(2)11-16-20-13(3)17(24-16)18(22)21(4)9-10-23-15-8-6-5-7-14(15)19/h5-8,12H,9-11H2,1-4H3. The highest BCUT2D eigenvalue weighted by atomic mass is 32.1. The maximum Gasteiger partial charge on any atom is 0.265 e. The quantitative estimate of drug-likeness (QED) is 0.759. The number of likely N-dealkylation sites (N-methyl/N-ethyl adjacent to an activating group) is 1. The molecule has 1 aromatic heterocycles. The summed E-state index contributed by atoms with van der Waals surface area (Å²) in [5, 5.41) is 0.988. The van der Waals surface area contributed by atoms with Crippen LogP contribution < -0.4 is 4.74 Å². The highest BCUT2D eigenvalue weighted by molar-refractivity contribution is 7.13. The van der Waals surface area contributed by atoms with E-state index in [0.29, 0.717) is 17.3 Å². The van der Waals surface area contributed by atoms with Gasteiger partial charge in [0.05, 0.1) is 17.2 Å². The molecule has 1 aromatic carbocycles. The summed E-state index contributed by atoms with van der Waals surface area (Å²) in [4.78, 5) is 19.3. The summed E-state index contributed by atoms with van der Waals surface area (Å²) in [6, 6.07) is 6.24. The van der Waals surface area contributed by atoms with Gasteiger partial charge in [0.25, 0.3) is 5.91 Å². The topological polar surface area (TPSA) is 42.4 Å². The Morgan fingerprint density at radius 3 is 2.75 bits per heavy atom. The number of para-hydroxylation sites is 1. The second-order valence-electron chi connectivity index (χ2n) is 6.13. The Bertz CT molecular complexity index is 700. The van der Waals surface area contributed by atoms with Crippen molar-refractivity contribution in [3.8, 4) is 5.75 Å². The third-order valence-corrected chi connectivity index (χ3v) is 4.65. The molecule has 0 saturated heterocycles. The second kappa shape index (κ2) is 8.24. The summed E-state index contributed by atoms with van der Waals surface area (Å²) in [6.07, 6.45) is 0.874. The molecule has 0 aliphatic carbocycles. The van der Waals surface area contributed by atoms with Crippen LogP contribution in [0.2, 0.25) is 0 Å². The zero-order chi connectivity index (χ0) is 17.7. The van der Waals surface area contributed by atoms with E-state index >= 15 is 0 Å². The first-order valence-electron chi connectivity index (χ1n) is 7.97. The summed E-state index contributed by atoms with van der Waals surface area (Å²) in [5.41, 5.74) is 0.766. The Labute approximate surface area is 146 Å². The predicted molar refractivity (Wildman–Crippen MR) is 94.2 cm³/mol. The number of thiazole rings is 1. The SMILES string of the molecule is Cc1nc(CC(C)C)sc1C(=O)N(C)CCOc1ccccc1F. The van der Waals surface area contributed by atoms with Crippen LogP contribution in [-0.4, -0.2) is 36.0 Å². The van der Waals surface area contributed by atoms with Gasteiger partial charge < -0.3 is 9.64 Å². The molecule has 2 aromatic rings. The number of nitrogens with zero attached hydrogens (tertiary/aromatic N) is 2. The average molecular weight is 350 g/mol. The normalized spacial score (nSPS) is 10.9. The first-order valence-corrected chi connectivity index (χ1v) is 8.79. The minimum atomic E-state index is -0.400. The van der Waals surface area contributed by atoms with Crippen LogP contribution in [0.25, 0.3) is 0 Å². The highest BCUT2D eigenvalue weighted by Crippen LogP contribution is 2.22. The molecule has 0 N–H and O–H groups in total. The number of hydrogen-bond donors (Lipinski definition) is 0. The third kappa shape index (κ3) is 4.77. The predicted octanol–water partition coefficient (Wildman–Crippen LogP) is 3.94. The lowest BCUT2D eigenvalue weighted by atomic mass is 10.1. The smallest absolute Gasteiger partial charge is 0.265 e. The van der Waals surface area contributed by atoms with Gasteiger partial charge >= 0.3 is 0 Å². The van der Waals surface area contributed by atoms with Gasteiger partial charge in [-0.15, -0.1) is 11.3 Å². The number of benzene rings is 1. The van der Waals surface area contributed by atoms with Gasteiger partial charge in [0, 0.05) is 13.5 Å². The van der Waals surface area contributed by atoms with Crippen molar-refractivity contribution in [2.75, 3.05) is 20.2 Å². The Morgan fingerprint density at radius 2 is 2.08 bits per heavy atom. The third-order valence-electron chi connectivity index (χ3n) is 3.49. The molecule has 0 radical (unpaired) electrons. The molecular weight excluding hydrogens is 327 g/mol. The first kappa shape index (κ1) is 18.4. The largest absolute Gasteiger partial charge is 0.489 e. The van der Waals surface area contributed by atoms with Gasteiger partial charge in [0.15, 0.2) is 11.6 Å². The highest BCUT2D eigenvalue weighted by Gasteiger charge is 2.19. The van der Waals surface area contributed by atoms with E-state index in [9.17, 15) is 9.18 Å². The lowest BCUT2D eigenvalue weighted by molar-refractivity contribution is 0.0776. The molecule has 0 fully saturated rings. The number of amides is 1. The Kier molecular flexibility index (Phi) is 6.31. The zero-order valence-electron chi connectivity index (χ0n) is 14.5. The van der Waals surface area contributed by atoms with Crippen LogP contribution in [0.1, 0.15) is 34.2 Å². The molecule has 0 saturated carbocycles. The van der Waals surface area contributed by atoms with Crippen molar-refractivity contribution in [1.29, 1.82) is 0 Å². The lowest BCUT2D eigenvalue weighted by Crippen LogP contribution is -2.30. The number of ether oxygens (including phenoxy) is 1. The van der Waals surface area contributed by atoms with E-state index < -0.39 is 5.82 Å². The summed E-state index contributed by atoms with van der Waals surface area (Å²) >= 11 is 1.45. The summed E-state index contributed by atoms with van der Waals surface area (Å²) in [6.45, 7) is 6.73. The second-order valence-corrected chi connectivity index (χ2v) is 7.21. The van der Waals surface area contributed by atoms with Crippen molar-refractivity contribution >= 4 is 17.2 Å². The van der Waals surface area contributed by atoms with Crippen LogP contribution in [0.15, 0.2) is 24.3 Å². The molecule has 2 rings (SSSR count). The molecule has 1 amide bonds. The number of carbonyl (C=O) groups excluding carboxylic acids is 1. The molecule has 0 spiro atoms. The minimum absolute atomic E-state index is 0.0721. The van der Waals surface area contributed by atoms with Gasteiger partial charge in [0.1, 0.15) is 11.5 Å². The van der Waals surface area contributed by atoms with E-state index in [2.05, 4.69) is 18.8 Å². The number of rotatable bonds is 7. The number of halogens is 1. The van der Waals surface area contributed by atoms with E-state index in [1.165, 1.54) is 17.4 Å². The monoisotopic (exact) mass is 350 g/mol. The molecule has 24 heavy (non-hydrogen) atoms. The van der Waals surface area contributed by atoms with Crippen molar-refractivity contribution in [2.24, 2.45) is 5.92 Å². The number of hydrogen-bond acceptors (Lipinski definition) is 4. The molecule has 0 aliphatic rings. The fraction of sp³-hybridized carbons (Fsp3) is 0.444. The van der Waals surface area contributed by atoms with E-state index in [4.69, 9.17) is 4.74 Å². The van der Waals surface area contributed by atoms with Gasteiger partial charge in [-0.25, -0.2) is 9.37 Å². The maximum absolute atomic E-state index is 13.5. The minimum Gasteiger partial charge on any atom is -0.489 e. The zero-order valence-corrected chi connectivity index (χ0v) is 15.3. The van der Waals surface area contributed by atoms with E-state index in [1.807, 2.05) is 6.92 Å². The van der Waals surface area contributed by atoms with Crippen molar-refractivity contribution in [3.05, 3.63) is 45.7 Å². The summed E-state index contributed by atoms with van der Waals surface area (Å²) in [5.74, 6) is 0.234. The molecule has 6 heteroatoms. The Balaban J connectivity index is 1.92. The molecule has 1 heterocycles. The van der Waals surface area contributed by atoms with E-state index in [1.54, 1.807) is 30.1 Å². The molecule has 4 nitrogen and oxygen atoms in total. The fourth-order valence-corrected chi connectivity index (χ4v) is 3.49. The summed E-state index contributed by atoms with van der Waals surface area (Å²) in [7, 11) is 1.72. The van der Waals surface area contributed by atoms with Crippen molar-refractivity contribution < 1.29 is 13.9 Å². The number of carbonyl (C=O) groups is 1. The van der Waals surface area contributed by atoms with Crippen LogP contribution in [0.3, 0.4) is 0 Å². The molecule has 0 unspecified atom stereocenters. The van der Waals surface area contributed by atoms with Crippen LogP contribution >= 0.6 is 11.3 Å². The lowest BCUT2D eigenvalue weighted by Gasteiger charge is -2.17. The van der Waals surface area contributed by atoms with Crippen molar-refractivity contribution in [3.63, 3.8) is 0 Å².